The molecular formula is C37H36O2. The molecule has 2 aliphatic rings. The molecule has 0 bridgehead atoms. The maximum Gasteiger partial charge on any atom is 0.151 e. The summed E-state index contributed by atoms with van der Waals surface area (Å²) in [5.41, 5.74) is 11.9. The van der Waals surface area contributed by atoms with Crippen molar-refractivity contribution in [3.63, 3.8) is 0 Å². The molecule has 0 unspecified atom stereocenters. The molecule has 2 nitrogen and oxygen atoms in total. The van der Waals surface area contributed by atoms with Gasteiger partial charge < -0.3 is 0 Å². The summed E-state index contributed by atoms with van der Waals surface area (Å²) in [4.78, 5) is 26.3. The third kappa shape index (κ3) is 3.54. The van der Waals surface area contributed by atoms with E-state index in [1.807, 2.05) is 36.4 Å². The second-order valence-corrected chi connectivity index (χ2v) is 13.0. The Bertz CT molecular complexity index is 1510. The second-order valence-electron chi connectivity index (χ2n) is 13.0. The standard InChI is InChI=1S/C37H36O2/c1-23-17-29-33(27(19-38)31(23)25-13-9-7-10-14-25)37(21-35(29,3)4)22-36(5,6)30-18-24(2)32(28(20-39)34(30)37)26-15-11-8-12-16-26/h7-20H,21-22H2,1-6H3. The Labute approximate surface area is 232 Å². The van der Waals surface area contributed by atoms with Gasteiger partial charge in [-0.3, -0.25) is 9.59 Å². The predicted octanol–water partition coefficient (Wildman–Crippen LogP) is 8.91. The molecule has 4 aromatic carbocycles. The van der Waals surface area contributed by atoms with E-state index in [4.69, 9.17) is 0 Å². The number of aryl methyl sites for hydroxylation is 2. The molecule has 4 aromatic rings. The van der Waals surface area contributed by atoms with Gasteiger partial charge in [0.2, 0.25) is 0 Å². The number of aldehydes is 2. The molecule has 0 aliphatic heterocycles. The van der Waals surface area contributed by atoms with E-state index >= 15 is 0 Å². The SMILES string of the molecule is Cc1cc2c(c(C=O)c1-c1ccccc1)C1(CC2(C)C)CC(C)(C)c2cc(C)c(-c3ccccc3)c(C=O)c21. The summed E-state index contributed by atoms with van der Waals surface area (Å²) in [5.74, 6) is 0. The van der Waals surface area contributed by atoms with Crippen LogP contribution in [0.25, 0.3) is 22.3 Å². The molecule has 6 rings (SSSR count). The lowest BCUT2D eigenvalue weighted by atomic mass is 9.69. The molecule has 0 heterocycles. The summed E-state index contributed by atoms with van der Waals surface area (Å²) in [6.45, 7) is 13.4. The Balaban J connectivity index is 1.77. The van der Waals surface area contributed by atoms with Crippen molar-refractivity contribution in [1.82, 2.24) is 0 Å². The monoisotopic (exact) mass is 512 g/mol. The van der Waals surface area contributed by atoms with Gasteiger partial charge in [0.25, 0.3) is 0 Å². The minimum atomic E-state index is -0.432. The lowest BCUT2D eigenvalue weighted by Gasteiger charge is -2.33. The second kappa shape index (κ2) is 8.61. The summed E-state index contributed by atoms with van der Waals surface area (Å²) in [6.07, 6.45) is 3.88. The summed E-state index contributed by atoms with van der Waals surface area (Å²) in [5, 5.41) is 0. The Morgan fingerprint density at radius 1 is 0.590 bits per heavy atom. The maximum absolute atomic E-state index is 13.2. The molecule has 0 radical (unpaired) electrons. The van der Waals surface area contributed by atoms with Crippen molar-refractivity contribution in [2.75, 3.05) is 0 Å². The van der Waals surface area contributed by atoms with Crippen molar-refractivity contribution in [1.29, 1.82) is 0 Å². The normalized spacial score (nSPS) is 17.6. The molecule has 0 atom stereocenters. The van der Waals surface area contributed by atoms with E-state index in [1.165, 1.54) is 11.1 Å². The number of carbonyl (C=O) groups is 2. The summed E-state index contributed by atoms with van der Waals surface area (Å²) in [7, 11) is 0. The van der Waals surface area contributed by atoms with Gasteiger partial charge in [0, 0.05) is 16.5 Å². The fourth-order valence-corrected chi connectivity index (χ4v) is 8.24. The van der Waals surface area contributed by atoms with Crippen LogP contribution in [0.1, 0.15) is 94.6 Å². The van der Waals surface area contributed by atoms with Crippen LogP contribution in [-0.2, 0) is 16.2 Å². The first-order valence-corrected chi connectivity index (χ1v) is 13.9. The molecule has 0 saturated carbocycles. The zero-order valence-corrected chi connectivity index (χ0v) is 23.8. The number of rotatable bonds is 4. The zero-order chi connectivity index (χ0) is 27.7. The maximum atomic E-state index is 13.2. The lowest BCUT2D eigenvalue weighted by Crippen LogP contribution is -2.29. The minimum absolute atomic E-state index is 0.150. The molecule has 2 heteroatoms. The van der Waals surface area contributed by atoms with Crippen LogP contribution in [0.5, 0.6) is 0 Å². The third-order valence-electron chi connectivity index (χ3n) is 9.39. The first-order valence-electron chi connectivity index (χ1n) is 13.9. The van der Waals surface area contributed by atoms with Crippen LogP contribution in [0.15, 0.2) is 72.8 Å². The van der Waals surface area contributed by atoms with Gasteiger partial charge in [-0.2, -0.15) is 0 Å². The van der Waals surface area contributed by atoms with E-state index in [0.29, 0.717) is 0 Å². The smallest absolute Gasteiger partial charge is 0.151 e. The van der Waals surface area contributed by atoms with Crippen LogP contribution in [0, 0.1) is 13.8 Å². The van der Waals surface area contributed by atoms with Crippen LogP contribution in [-0.4, -0.2) is 12.6 Å². The highest BCUT2D eigenvalue weighted by molar-refractivity contribution is 5.97. The molecule has 1 spiro atoms. The van der Waals surface area contributed by atoms with Crippen molar-refractivity contribution in [3.05, 3.63) is 117 Å². The predicted molar refractivity (Wildman–Crippen MR) is 160 cm³/mol. The van der Waals surface area contributed by atoms with Crippen LogP contribution < -0.4 is 0 Å². The Hall–Kier alpha value is -3.78. The van der Waals surface area contributed by atoms with Crippen LogP contribution >= 0.6 is 0 Å². The molecule has 0 amide bonds. The number of hydrogen-bond acceptors (Lipinski definition) is 2. The average molecular weight is 513 g/mol. The van der Waals surface area contributed by atoms with Crippen molar-refractivity contribution in [2.24, 2.45) is 0 Å². The van der Waals surface area contributed by atoms with E-state index in [-0.39, 0.29) is 10.8 Å². The molecule has 196 valence electrons. The molecular weight excluding hydrogens is 476 g/mol. The fraction of sp³-hybridized carbons (Fsp3) is 0.297. The largest absolute Gasteiger partial charge is 0.298 e. The Morgan fingerprint density at radius 3 is 1.28 bits per heavy atom. The van der Waals surface area contributed by atoms with E-state index in [9.17, 15) is 9.59 Å². The van der Waals surface area contributed by atoms with Crippen LogP contribution in [0.2, 0.25) is 0 Å². The van der Waals surface area contributed by atoms with Crippen molar-refractivity contribution < 1.29 is 9.59 Å². The zero-order valence-electron chi connectivity index (χ0n) is 23.8. The first kappa shape index (κ1) is 25.5. The highest BCUT2D eigenvalue weighted by Gasteiger charge is 2.58. The summed E-state index contributed by atoms with van der Waals surface area (Å²) in [6, 6.07) is 25.1. The highest BCUT2D eigenvalue weighted by atomic mass is 16.1. The molecule has 0 saturated heterocycles. The van der Waals surface area contributed by atoms with Crippen molar-refractivity contribution in [3.8, 4) is 22.3 Å². The molecule has 0 fully saturated rings. The van der Waals surface area contributed by atoms with Crippen molar-refractivity contribution in [2.45, 2.75) is 70.6 Å². The van der Waals surface area contributed by atoms with Crippen molar-refractivity contribution >= 4 is 12.6 Å². The topological polar surface area (TPSA) is 34.1 Å². The van der Waals surface area contributed by atoms with Crippen LogP contribution in [0.3, 0.4) is 0 Å². The van der Waals surface area contributed by atoms with E-state index in [0.717, 1.165) is 81.0 Å². The van der Waals surface area contributed by atoms with Gasteiger partial charge in [-0.05, 0) is 93.2 Å². The van der Waals surface area contributed by atoms with Gasteiger partial charge >= 0.3 is 0 Å². The van der Waals surface area contributed by atoms with Crippen LogP contribution in [0.4, 0.5) is 0 Å². The van der Waals surface area contributed by atoms with Gasteiger partial charge in [-0.25, -0.2) is 0 Å². The van der Waals surface area contributed by atoms with Gasteiger partial charge in [0.05, 0.1) is 0 Å². The summed E-state index contributed by atoms with van der Waals surface area (Å²) >= 11 is 0. The third-order valence-corrected chi connectivity index (χ3v) is 9.39. The number of carbonyl (C=O) groups excluding carboxylic acids is 2. The quantitative estimate of drug-likeness (QED) is 0.256. The molecule has 2 aliphatic carbocycles. The molecule has 0 N–H and O–H groups in total. The van der Waals surface area contributed by atoms with Gasteiger partial charge in [0.15, 0.2) is 12.6 Å². The van der Waals surface area contributed by atoms with Gasteiger partial charge in [0.1, 0.15) is 0 Å². The van der Waals surface area contributed by atoms with E-state index in [1.54, 1.807) is 0 Å². The fourth-order valence-electron chi connectivity index (χ4n) is 8.24. The molecule has 0 aromatic heterocycles. The number of fused-ring (bicyclic) bond motifs is 4. The van der Waals surface area contributed by atoms with Gasteiger partial charge in [-0.1, -0.05) is 100 Å². The molecule has 39 heavy (non-hydrogen) atoms. The van der Waals surface area contributed by atoms with E-state index in [2.05, 4.69) is 77.9 Å². The summed E-state index contributed by atoms with van der Waals surface area (Å²) < 4.78 is 0. The lowest BCUT2D eigenvalue weighted by molar-refractivity contribution is 0.111. The number of hydrogen-bond donors (Lipinski definition) is 0. The highest BCUT2D eigenvalue weighted by Crippen LogP contribution is 2.65. The van der Waals surface area contributed by atoms with E-state index < -0.39 is 5.41 Å². The van der Waals surface area contributed by atoms with Gasteiger partial charge in [-0.15, -0.1) is 0 Å². The Morgan fingerprint density at radius 2 is 0.949 bits per heavy atom. The number of benzene rings is 4. The Kier molecular flexibility index (Phi) is 5.63. The minimum Gasteiger partial charge on any atom is -0.298 e. The average Bonchev–Trinajstić information content (AvgIpc) is 3.26. The first-order chi connectivity index (χ1) is 18.6.